The number of hydrogen-bond donors (Lipinski definition) is 1. The molecule has 22 heavy (non-hydrogen) atoms. The number of ether oxygens (including phenoxy) is 2. The molecular formula is C16H25NO4S. The van der Waals surface area contributed by atoms with Crippen LogP contribution in [0.4, 0.5) is 0 Å². The van der Waals surface area contributed by atoms with Gasteiger partial charge in [0.2, 0.25) is 10.0 Å². The van der Waals surface area contributed by atoms with Gasteiger partial charge in [0.25, 0.3) is 0 Å². The van der Waals surface area contributed by atoms with Crippen molar-refractivity contribution in [3.63, 3.8) is 0 Å². The van der Waals surface area contributed by atoms with Crippen molar-refractivity contribution in [2.75, 3.05) is 19.8 Å². The first-order valence-corrected chi connectivity index (χ1v) is 9.18. The van der Waals surface area contributed by atoms with Gasteiger partial charge >= 0.3 is 0 Å². The molecule has 1 saturated heterocycles. The second kappa shape index (κ2) is 7.08. The van der Waals surface area contributed by atoms with Crippen molar-refractivity contribution in [1.82, 2.24) is 4.72 Å². The predicted octanol–water partition coefficient (Wildman–Crippen LogP) is 2.63. The molecule has 0 unspecified atom stereocenters. The third-order valence-electron chi connectivity index (χ3n) is 3.83. The van der Waals surface area contributed by atoms with E-state index < -0.39 is 15.8 Å². The lowest BCUT2D eigenvalue weighted by molar-refractivity contribution is -0.257. The van der Waals surface area contributed by atoms with Crippen LogP contribution in [-0.4, -0.2) is 34.0 Å². The number of sulfonamides is 1. The Balaban J connectivity index is 1.93. The molecule has 0 spiro atoms. The van der Waals surface area contributed by atoms with Crippen LogP contribution in [0.1, 0.15) is 45.1 Å². The first-order chi connectivity index (χ1) is 10.3. The van der Waals surface area contributed by atoms with Crippen molar-refractivity contribution in [3.05, 3.63) is 29.8 Å². The van der Waals surface area contributed by atoms with E-state index in [1.54, 1.807) is 12.1 Å². The summed E-state index contributed by atoms with van der Waals surface area (Å²) in [6.45, 7) is 7.59. The fourth-order valence-electron chi connectivity index (χ4n) is 2.35. The molecule has 0 aromatic heterocycles. The third-order valence-corrected chi connectivity index (χ3v) is 5.31. The fraction of sp³-hybridized carbons (Fsp3) is 0.625. The maximum atomic E-state index is 12.3. The van der Waals surface area contributed by atoms with Crippen molar-refractivity contribution in [2.24, 2.45) is 0 Å². The Morgan fingerprint density at radius 1 is 1.18 bits per heavy atom. The van der Waals surface area contributed by atoms with E-state index in [2.05, 4.69) is 18.6 Å². The normalized spacial score (nSPS) is 18.5. The molecule has 1 N–H and O–H groups in total. The Bertz CT molecular complexity index is 575. The zero-order chi connectivity index (χ0) is 16.2. The first kappa shape index (κ1) is 17.4. The highest BCUT2D eigenvalue weighted by Crippen LogP contribution is 2.22. The van der Waals surface area contributed by atoms with Gasteiger partial charge in [-0.25, -0.2) is 13.1 Å². The van der Waals surface area contributed by atoms with Crippen LogP contribution in [0.15, 0.2) is 29.2 Å². The van der Waals surface area contributed by atoms with E-state index in [-0.39, 0.29) is 11.4 Å². The largest absolute Gasteiger partial charge is 0.350 e. The van der Waals surface area contributed by atoms with E-state index in [9.17, 15) is 8.42 Å². The van der Waals surface area contributed by atoms with Gasteiger partial charge in [0, 0.05) is 13.0 Å². The van der Waals surface area contributed by atoms with Gasteiger partial charge in [0.15, 0.2) is 5.79 Å². The van der Waals surface area contributed by atoms with E-state index in [0.29, 0.717) is 25.6 Å². The van der Waals surface area contributed by atoms with Gasteiger partial charge in [0.1, 0.15) is 0 Å². The zero-order valence-corrected chi connectivity index (χ0v) is 14.3. The second-order valence-corrected chi connectivity index (χ2v) is 7.82. The number of rotatable bonds is 6. The molecule has 5 nitrogen and oxygen atoms in total. The van der Waals surface area contributed by atoms with Gasteiger partial charge in [-0.3, -0.25) is 0 Å². The van der Waals surface area contributed by atoms with Crippen LogP contribution in [0.5, 0.6) is 0 Å². The van der Waals surface area contributed by atoms with Crippen LogP contribution >= 0.6 is 0 Å². The molecule has 0 bridgehead atoms. The van der Waals surface area contributed by atoms with Gasteiger partial charge in [-0.1, -0.05) is 26.0 Å². The molecule has 1 aliphatic rings. The summed E-state index contributed by atoms with van der Waals surface area (Å²) in [6.07, 6.45) is 1.36. The minimum atomic E-state index is -3.49. The summed E-state index contributed by atoms with van der Waals surface area (Å²) in [5, 5.41) is 0. The molecule has 2 rings (SSSR count). The molecule has 1 aromatic carbocycles. The molecule has 1 aliphatic heterocycles. The smallest absolute Gasteiger partial charge is 0.240 e. The predicted molar refractivity (Wildman–Crippen MR) is 85.3 cm³/mol. The highest BCUT2D eigenvalue weighted by Gasteiger charge is 2.29. The lowest BCUT2D eigenvalue weighted by Crippen LogP contribution is -2.40. The standard InChI is InChI=1S/C16H25NO4S/c1-13(2)14-5-7-15(8-6-14)22(18,19)17-10-9-16(3)20-11-4-12-21-16/h5-8,13,17H,4,9-12H2,1-3H3. The Kier molecular flexibility index (Phi) is 5.60. The van der Waals surface area contributed by atoms with Gasteiger partial charge in [-0.05, 0) is 37.0 Å². The first-order valence-electron chi connectivity index (χ1n) is 7.70. The summed E-state index contributed by atoms with van der Waals surface area (Å²) in [5.41, 5.74) is 1.12. The van der Waals surface area contributed by atoms with E-state index in [1.165, 1.54) is 0 Å². The minimum Gasteiger partial charge on any atom is -0.350 e. The lowest BCUT2D eigenvalue weighted by Gasteiger charge is -2.33. The molecule has 0 amide bonds. The van der Waals surface area contributed by atoms with Crippen molar-refractivity contribution in [3.8, 4) is 0 Å². The van der Waals surface area contributed by atoms with Gasteiger partial charge in [-0.15, -0.1) is 0 Å². The summed E-state index contributed by atoms with van der Waals surface area (Å²) in [5.74, 6) is -0.312. The number of nitrogens with one attached hydrogen (secondary N) is 1. The van der Waals surface area contributed by atoms with Gasteiger partial charge in [0.05, 0.1) is 18.1 Å². The lowest BCUT2D eigenvalue weighted by atomic mass is 10.0. The Hall–Kier alpha value is -0.950. The molecule has 0 aliphatic carbocycles. The summed E-state index contributed by atoms with van der Waals surface area (Å²) in [4.78, 5) is 0.285. The number of benzene rings is 1. The Morgan fingerprint density at radius 3 is 2.32 bits per heavy atom. The monoisotopic (exact) mass is 327 g/mol. The summed E-state index contributed by atoms with van der Waals surface area (Å²) >= 11 is 0. The van der Waals surface area contributed by atoms with E-state index in [0.717, 1.165) is 12.0 Å². The van der Waals surface area contributed by atoms with E-state index >= 15 is 0 Å². The van der Waals surface area contributed by atoms with Crippen molar-refractivity contribution in [2.45, 2.75) is 50.2 Å². The molecule has 0 radical (unpaired) electrons. The number of hydrogen-bond acceptors (Lipinski definition) is 4. The highest BCUT2D eigenvalue weighted by molar-refractivity contribution is 7.89. The van der Waals surface area contributed by atoms with Crippen molar-refractivity contribution in [1.29, 1.82) is 0 Å². The molecular weight excluding hydrogens is 302 g/mol. The molecule has 124 valence electrons. The van der Waals surface area contributed by atoms with Crippen LogP contribution in [0.2, 0.25) is 0 Å². The van der Waals surface area contributed by atoms with E-state index in [1.807, 2.05) is 19.1 Å². The molecule has 1 heterocycles. The van der Waals surface area contributed by atoms with Crippen molar-refractivity contribution >= 4 is 10.0 Å². The Morgan fingerprint density at radius 2 is 1.77 bits per heavy atom. The second-order valence-electron chi connectivity index (χ2n) is 6.06. The highest BCUT2D eigenvalue weighted by atomic mass is 32.2. The summed E-state index contributed by atoms with van der Waals surface area (Å²) in [6, 6.07) is 7.00. The van der Waals surface area contributed by atoms with Gasteiger partial charge < -0.3 is 9.47 Å². The van der Waals surface area contributed by atoms with Crippen LogP contribution < -0.4 is 4.72 Å². The average Bonchev–Trinajstić information content (AvgIpc) is 2.47. The Labute approximate surface area is 133 Å². The van der Waals surface area contributed by atoms with E-state index in [4.69, 9.17) is 9.47 Å². The molecule has 6 heteroatoms. The average molecular weight is 327 g/mol. The molecule has 1 fully saturated rings. The summed E-state index contributed by atoms with van der Waals surface area (Å²) in [7, 11) is -3.49. The minimum absolute atomic E-state index is 0.283. The van der Waals surface area contributed by atoms with Gasteiger partial charge in [-0.2, -0.15) is 0 Å². The van der Waals surface area contributed by atoms with Crippen molar-refractivity contribution < 1.29 is 17.9 Å². The zero-order valence-electron chi connectivity index (χ0n) is 13.5. The third kappa shape index (κ3) is 4.52. The van der Waals surface area contributed by atoms with Crippen LogP contribution in [0.25, 0.3) is 0 Å². The quantitative estimate of drug-likeness (QED) is 0.872. The molecule has 0 saturated carbocycles. The fourth-order valence-corrected chi connectivity index (χ4v) is 3.38. The molecule has 1 aromatic rings. The van der Waals surface area contributed by atoms with Crippen LogP contribution in [-0.2, 0) is 19.5 Å². The summed E-state index contributed by atoms with van der Waals surface area (Å²) < 4.78 is 38.3. The maximum absolute atomic E-state index is 12.3. The maximum Gasteiger partial charge on any atom is 0.240 e. The topological polar surface area (TPSA) is 64.6 Å². The van der Waals surface area contributed by atoms with Crippen LogP contribution in [0.3, 0.4) is 0 Å². The SMILES string of the molecule is CC(C)c1ccc(S(=O)(=O)NCCC2(C)OCCCO2)cc1. The van der Waals surface area contributed by atoms with Crippen LogP contribution in [0, 0.1) is 0 Å². The molecule has 0 atom stereocenters.